The third kappa shape index (κ3) is 3.11. The maximum absolute atomic E-state index is 12.8. The van der Waals surface area contributed by atoms with Gasteiger partial charge in [0.25, 0.3) is 5.91 Å². The molecule has 1 atom stereocenters. The molecule has 0 unspecified atom stereocenters. The van der Waals surface area contributed by atoms with Crippen LogP contribution in [-0.4, -0.2) is 42.3 Å². The second kappa shape index (κ2) is 6.84. The van der Waals surface area contributed by atoms with Crippen LogP contribution in [0.2, 0.25) is 0 Å². The highest BCUT2D eigenvalue weighted by Crippen LogP contribution is 2.38. The molecule has 2 aromatic rings. The molecular weight excluding hydrogens is 336 g/mol. The normalized spacial score (nSPS) is 17.0. The molecule has 1 aliphatic rings. The molecule has 132 valence electrons. The largest absolute Gasteiger partial charge is 0.358 e. The van der Waals surface area contributed by atoms with Crippen LogP contribution in [0.15, 0.2) is 29.6 Å². The molecule has 2 heterocycles. The number of thiazole rings is 1. The van der Waals surface area contributed by atoms with E-state index >= 15 is 0 Å². The van der Waals surface area contributed by atoms with Gasteiger partial charge >= 0.3 is 0 Å². The van der Waals surface area contributed by atoms with Gasteiger partial charge in [-0.1, -0.05) is 26.0 Å². The molecule has 0 spiro atoms. The molecule has 2 amide bonds. The van der Waals surface area contributed by atoms with Crippen LogP contribution in [0.3, 0.4) is 0 Å². The van der Waals surface area contributed by atoms with Gasteiger partial charge in [0.1, 0.15) is 6.17 Å². The van der Waals surface area contributed by atoms with Crippen LogP contribution < -0.4 is 10.2 Å². The number of anilines is 1. The van der Waals surface area contributed by atoms with Gasteiger partial charge in [-0.25, -0.2) is 4.98 Å². The number of amides is 2. The van der Waals surface area contributed by atoms with Gasteiger partial charge < -0.3 is 15.1 Å². The highest BCUT2D eigenvalue weighted by atomic mass is 32.1. The monoisotopic (exact) mass is 358 g/mol. The van der Waals surface area contributed by atoms with Crippen molar-refractivity contribution in [1.29, 1.82) is 0 Å². The van der Waals surface area contributed by atoms with Gasteiger partial charge in [-0.05, 0) is 12.1 Å². The summed E-state index contributed by atoms with van der Waals surface area (Å²) in [6.07, 6.45) is -0.400. The standard InChI is InChI=1S/C18H22N4O2S/c1-11(2)16-20-13(10-25-16)17-21(4)18(24)12-7-5-6-8-14(12)22(17)9-15(23)19-3/h5-8,10-11,17H,9H2,1-4H3,(H,19,23)/t17-/m1/s1. The molecule has 1 N–H and O–H groups in total. The number of rotatable bonds is 4. The Morgan fingerprint density at radius 1 is 1.36 bits per heavy atom. The quantitative estimate of drug-likeness (QED) is 0.912. The minimum Gasteiger partial charge on any atom is -0.358 e. The first kappa shape index (κ1) is 17.4. The minimum absolute atomic E-state index is 0.0622. The van der Waals surface area contributed by atoms with Crippen LogP contribution >= 0.6 is 11.3 Å². The van der Waals surface area contributed by atoms with E-state index in [2.05, 4.69) is 19.2 Å². The summed E-state index contributed by atoms with van der Waals surface area (Å²) < 4.78 is 0. The van der Waals surface area contributed by atoms with E-state index in [1.807, 2.05) is 28.5 Å². The van der Waals surface area contributed by atoms with Crippen LogP contribution in [0.5, 0.6) is 0 Å². The van der Waals surface area contributed by atoms with Crippen LogP contribution in [-0.2, 0) is 4.79 Å². The number of hydrogen-bond donors (Lipinski definition) is 1. The van der Waals surface area contributed by atoms with Crippen molar-refractivity contribution in [3.05, 3.63) is 45.9 Å². The topological polar surface area (TPSA) is 65.5 Å². The summed E-state index contributed by atoms with van der Waals surface area (Å²) in [5.41, 5.74) is 2.16. The lowest BCUT2D eigenvalue weighted by molar-refractivity contribution is -0.119. The Labute approximate surface area is 151 Å². The fourth-order valence-corrected chi connectivity index (χ4v) is 3.84. The number of carbonyl (C=O) groups excluding carboxylic acids is 2. The number of aromatic nitrogens is 1. The zero-order chi connectivity index (χ0) is 18.1. The van der Waals surface area contributed by atoms with Crippen molar-refractivity contribution in [2.75, 3.05) is 25.5 Å². The lowest BCUT2D eigenvalue weighted by atomic mass is 10.0. The molecule has 0 radical (unpaired) electrons. The van der Waals surface area contributed by atoms with Crippen LogP contribution in [0.25, 0.3) is 0 Å². The van der Waals surface area contributed by atoms with Crippen molar-refractivity contribution >= 4 is 28.8 Å². The average Bonchev–Trinajstić information content (AvgIpc) is 3.09. The summed E-state index contributed by atoms with van der Waals surface area (Å²) in [4.78, 5) is 33.2. The van der Waals surface area contributed by atoms with E-state index in [4.69, 9.17) is 4.98 Å². The SMILES string of the molecule is CNC(=O)CN1c2ccccc2C(=O)N(C)[C@H]1c1csc(C(C)C)n1. The maximum Gasteiger partial charge on any atom is 0.257 e. The van der Waals surface area contributed by atoms with E-state index in [0.717, 1.165) is 16.4 Å². The molecule has 0 saturated carbocycles. The van der Waals surface area contributed by atoms with E-state index < -0.39 is 6.17 Å². The summed E-state index contributed by atoms with van der Waals surface area (Å²) >= 11 is 1.59. The lowest BCUT2D eigenvalue weighted by Gasteiger charge is -2.42. The molecule has 1 aromatic heterocycles. The fourth-order valence-electron chi connectivity index (χ4n) is 2.99. The molecule has 0 saturated heterocycles. The van der Waals surface area contributed by atoms with Crippen molar-refractivity contribution in [3.8, 4) is 0 Å². The van der Waals surface area contributed by atoms with Gasteiger partial charge in [-0.3, -0.25) is 9.59 Å². The first-order valence-electron chi connectivity index (χ1n) is 8.22. The van der Waals surface area contributed by atoms with E-state index in [1.165, 1.54) is 0 Å². The number of fused-ring (bicyclic) bond motifs is 1. The number of benzene rings is 1. The second-order valence-corrected chi connectivity index (χ2v) is 7.26. The Kier molecular flexibility index (Phi) is 4.76. The van der Waals surface area contributed by atoms with Gasteiger partial charge in [-0.15, -0.1) is 11.3 Å². The first-order chi connectivity index (χ1) is 11.9. The van der Waals surface area contributed by atoms with Gasteiger partial charge in [0.05, 0.1) is 28.5 Å². The number of para-hydroxylation sites is 1. The summed E-state index contributed by atoms with van der Waals surface area (Å²) in [5.74, 6) is 0.151. The molecule has 6 nitrogen and oxygen atoms in total. The average molecular weight is 358 g/mol. The van der Waals surface area contributed by atoms with E-state index in [-0.39, 0.29) is 18.4 Å². The maximum atomic E-state index is 12.8. The summed E-state index contributed by atoms with van der Waals surface area (Å²) in [6.45, 7) is 4.34. The highest BCUT2D eigenvalue weighted by molar-refractivity contribution is 7.09. The van der Waals surface area contributed by atoms with E-state index in [1.54, 1.807) is 36.4 Å². The number of carbonyl (C=O) groups is 2. The molecule has 25 heavy (non-hydrogen) atoms. The summed E-state index contributed by atoms with van der Waals surface area (Å²) in [5, 5.41) is 5.67. The Morgan fingerprint density at radius 2 is 2.08 bits per heavy atom. The predicted molar refractivity (Wildman–Crippen MR) is 98.9 cm³/mol. The van der Waals surface area contributed by atoms with Crippen LogP contribution in [0.1, 0.15) is 47.0 Å². The van der Waals surface area contributed by atoms with Gasteiger partial charge in [0.2, 0.25) is 5.91 Å². The molecule has 1 aromatic carbocycles. The third-order valence-electron chi connectivity index (χ3n) is 4.32. The molecular formula is C18H22N4O2S. The Bertz CT molecular complexity index is 802. The number of likely N-dealkylation sites (N-methyl/N-ethyl adjacent to an activating group) is 1. The number of nitrogens with one attached hydrogen (secondary N) is 1. The van der Waals surface area contributed by atoms with Crippen LogP contribution in [0.4, 0.5) is 5.69 Å². The van der Waals surface area contributed by atoms with Gasteiger partial charge in [0.15, 0.2) is 0 Å². The zero-order valence-electron chi connectivity index (χ0n) is 14.8. The fraction of sp³-hybridized carbons (Fsp3) is 0.389. The first-order valence-corrected chi connectivity index (χ1v) is 9.10. The van der Waals surface area contributed by atoms with Crippen molar-refractivity contribution in [2.24, 2.45) is 0 Å². The number of nitrogens with zero attached hydrogens (tertiary/aromatic N) is 3. The lowest BCUT2D eigenvalue weighted by Crippen LogP contribution is -2.50. The Hall–Kier alpha value is -2.41. The predicted octanol–water partition coefficient (Wildman–Crippen LogP) is 2.60. The summed E-state index contributed by atoms with van der Waals surface area (Å²) in [6, 6.07) is 7.39. The van der Waals surface area contributed by atoms with Crippen molar-refractivity contribution in [2.45, 2.75) is 25.9 Å². The van der Waals surface area contributed by atoms with E-state index in [0.29, 0.717) is 11.5 Å². The third-order valence-corrected chi connectivity index (χ3v) is 5.48. The molecule has 7 heteroatoms. The molecule has 0 aliphatic carbocycles. The molecule has 1 aliphatic heterocycles. The Balaban J connectivity index is 2.09. The van der Waals surface area contributed by atoms with E-state index in [9.17, 15) is 9.59 Å². The van der Waals surface area contributed by atoms with Crippen LogP contribution in [0, 0.1) is 0 Å². The van der Waals surface area contributed by atoms with Gasteiger partial charge in [0, 0.05) is 25.4 Å². The van der Waals surface area contributed by atoms with Crippen molar-refractivity contribution in [3.63, 3.8) is 0 Å². The smallest absolute Gasteiger partial charge is 0.257 e. The molecule has 3 rings (SSSR count). The second-order valence-electron chi connectivity index (χ2n) is 6.37. The highest BCUT2D eigenvalue weighted by Gasteiger charge is 2.38. The summed E-state index contributed by atoms with van der Waals surface area (Å²) in [7, 11) is 3.37. The van der Waals surface area contributed by atoms with Crippen molar-refractivity contribution in [1.82, 2.24) is 15.2 Å². The molecule has 0 fully saturated rings. The number of hydrogen-bond acceptors (Lipinski definition) is 5. The minimum atomic E-state index is -0.400. The molecule has 0 bridgehead atoms. The van der Waals surface area contributed by atoms with Gasteiger partial charge in [-0.2, -0.15) is 0 Å². The van der Waals surface area contributed by atoms with Crippen molar-refractivity contribution < 1.29 is 9.59 Å². The zero-order valence-corrected chi connectivity index (χ0v) is 15.6. The Morgan fingerprint density at radius 3 is 2.72 bits per heavy atom.